The number of carbonyl (C=O) groups is 4. The summed E-state index contributed by atoms with van der Waals surface area (Å²) in [6, 6.07) is 14.1. The fourth-order valence-corrected chi connectivity index (χ4v) is 7.28. The molecule has 288 valence electrons. The molecule has 2 aromatic heterocycles. The summed E-state index contributed by atoms with van der Waals surface area (Å²) in [7, 11) is 1.28. The fourth-order valence-electron chi connectivity index (χ4n) is 7.28. The topological polar surface area (TPSA) is 186 Å². The largest absolute Gasteiger partial charge is 0.465 e. The number of carbonyl (C=O) groups excluding carboxylic acids is 3. The molecular weight excluding hydrogens is 701 g/mol. The average molecular weight is 749 g/mol. The number of aromatic nitrogens is 4. The van der Waals surface area contributed by atoms with Crippen molar-refractivity contribution in [2.45, 2.75) is 77.5 Å². The van der Waals surface area contributed by atoms with Crippen molar-refractivity contribution in [1.29, 1.82) is 0 Å². The first-order valence-electron chi connectivity index (χ1n) is 18.7. The van der Waals surface area contributed by atoms with Gasteiger partial charge in [0, 0.05) is 36.6 Å². The quantitative estimate of drug-likeness (QED) is 0.125. The number of hydrogen-bond donors (Lipinski definition) is 5. The summed E-state index contributed by atoms with van der Waals surface area (Å²) >= 11 is 0. The van der Waals surface area contributed by atoms with Crippen molar-refractivity contribution in [1.82, 2.24) is 40.4 Å². The number of imidazole rings is 2. The standard InChI is InChI=1S/C41H48N8O6/c1-24(2)34(46-40(52)53)38(50)49-21-7-9-33(49)37-43-23-31(45-37)29-17-15-28(16-18-29)27-13-10-26(11-14-27)12-19-30-22-42-36(44-30)32-8-6-20-48(32)39(51)35(25(3)4)47-41(54)55-5/h10-11,13-18,22-25,32-35,46H,6-9,20-21H2,1-5H3,(H,42,44)(H,43,45)(H,47,54)(H,52,53)/t32-,33-,34-,35-/m0/s1. The highest BCUT2D eigenvalue weighted by Crippen LogP contribution is 2.34. The highest BCUT2D eigenvalue weighted by Gasteiger charge is 2.38. The molecule has 4 heterocycles. The molecule has 4 atom stereocenters. The highest BCUT2D eigenvalue weighted by molar-refractivity contribution is 5.87. The maximum absolute atomic E-state index is 13.4. The lowest BCUT2D eigenvalue weighted by atomic mass is 10.0. The molecule has 4 aromatic rings. The minimum atomic E-state index is -1.21. The summed E-state index contributed by atoms with van der Waals surface area (Å²) in [4.78, 5) is 69.5. The summed E-state index contributed by atoms with van der Waals surface area (Å²) < 4.78 is 4.73. The number of amides is 4. The Balaban J connectivity index is 1.08. The molecule has 0 aliphatic carbocycles. The number of nitrogens with zero attached hydrogens (tertiary/aromatic N) is 4. The Kier molecular flexibility index (Phi) is 11.9. The fraction of sp³-hybridized carbons (Fsp3) is 0.415. The van der Waals surface area contributed by atoms with Crippen LogP contribution in [0.1, 0.15) is 88.4 Å². The van der Waals surface area contributed by atoms with E-state index < -0.39 is 24.3 Å². The van der Waals surface area contributed by atoms with Gasteiger partial charge in [0.05, 0.1) is 24.9 Å². The van der Waals surface area contributed by atoms with Gasteiger partial charge in [-0.2, -0.15) is 0 Å². The normalized spacial score (nSPS) is 17.8. The van der Waals surface area contributed by atoms with Crippen LogP contribution in [0.3, 0.4) is 0 Å². The second-order valence-corrected chi connectivity index (χ2v) is 14.7. The summed E-state index contributed by atoms with van der Waals surface area (Å²) in [5, 5.41) is 14.3. The summed E-state index contributed by atoms with van der Waals surface area (Å²) in [5.41, 5.74) is 5.16. The molecule has 0 saturated carbocycles. The number of ether oxygens (including phenoxy) is 1. The molecule has 0 spiro atoms. The number of alkyl carbamates (subject to hydrolysis) is 1. The Bertz CT molecular complexity index is 2060. The van der Waals surface area contributed by atoms with E-state index in [4.69, 9.17) is 14.7 Å². The average Bonchev–Trinajstić information content (AvgIpc) is 4.01. The minimum Gasteiger partial charge on any atom is -0.465 e. The van der Waals surface area contributed by atoms with Crippen molar-refractivity contribution < 1.29 is 29.0 Å². The number of methoxy groups -OCH3 is 1. The molecule has 0 bridgehead atoms. The van der Waals surface area contributed by atoms with Crippen LogP contribution < -0.4 is 10.6 Å². The number of aromatic amines is 2. The lowest BCUT2D eigenvalue weighted by Gasteiger charge is -2.29. The highest BCUT2D eigenvalue weighted by atomic mass is 16.5. The zero-order valence-electron chi connectivity index (χ0n) is 31.8. The van der Waals surface area contributed by atoms with Crippen molar-refractivity contribution >= 4 is 24.0 Å². The van der Waals surface area contributed by atoms with E-state index >= 15 is 0 Å². The van der Waals surface area contributed by atoms with Crippen molar-refractivity contribution in [3.05, 3.63) is 83.8 Å². The second kappa shape index (κ2) is 16.9. The number of hydrogen-bond acceptors (Lipinski definition) is 7. The van der Waals surface area contributed by atoms with E-state index in [1.165, 1.54) is 7.11 Å². The van der Waals surface area contributed by atoms with Crippen LogP contribution >= 0.6 is 0 Å². The zero-order chi connectivity index (χ0) is 39.2. The van der Waals surface area contributed by atoms with Gasteiger partial charge in [-0.1, -0.05) is 70.0 Å². The van der Waals surface area contributed by atoms with Crippen molar-refractivity contribution in [2.24, 2.45) is 11.8 Å². The van der Waals surface area contributed by atoms with Crippen LogP contribution in [-0.4, -0.2) is 91.1 Å². The van der Waals surface area contributed by atoms with E-state index in [2.05, 4.69) is 32.4 Å². The monoisotopic (exact) mass is 748 g/mol. The molecule has 14 heteroatoms. The van der Waals surface area contributed by atoms with E-state index in [1.54, 1.807) is 16.0 Å². The van der Waals surface area contributed by atoms with Gasteiger partial charge in [0.15, 0.2) is 0 Å². The van der Waals surface area contributed by atoms with Crippen molar-refractivity contribution in [3.63, 3.8) is 0 Å². The van der Waals surface area contributed by atoms with E-state index in [0.29, 0.717) is 30.4 Å². The molecule has 2 fully saturated rings. The van der Waals surface area contributed by atoms with Gasteiger partial charge in [-0.3, -0.25) is 9.59 Å². The van der Waals surface area contributed by atoms with Gasteiger partial charge < -0.3 is 40.2 Å². The third kappa shape index (κ3) is 8.83. The van der Waals surface area contributed by atoms with E-state index in [1.807, 2.05) is 82.4 Å². The number of likely N-dealkylation sites (tertiary alicyclic amines) is 2. The predicted molar refractivity (Wildman–Crippen MR) is 205 cm³/mol. The maximum Gasteiger partial charge on any atom is 0.407 e. The molecule has 0 radical (unpaired) electrons. The molecule has 2 aliphatic rings. The van der Waals surface area contributed by atoms with E-state index in [-0.39, 0.29) is 35.7 Å². The Morgan fingerprint density at radius 2 is 1.25 bits per heavy atom. The molecule has 2 aromatic carbocycles. The van der Waals surface area contributed by atoms with Crippen LogP contribution in [0, 0.1) is 23.7 Å². The van der Waals surface area contributed by atoms with Gasteiger partial charge in [-0.25, -0.2) is 19.6 Å². The summed E-state index contributed by atoms with van der Waals surface area (Å²) in [5.74, 6) is 6.98. The molecule has 14 nitrogen and oxygen atoms in total. The number of nitrogens with one attached hydrogen (secondary N) is 4. The molecule has 55 heavy (non-hydrogen) atoms. The smallest absolute Gasteiger partial charge is 0.407 e. The third-order valence-corrected chi connectivity index (χ3v) is 10.2. The SMILES string of the molecule is COC(=O)N[C@H](C(=O)N1CCC[C@H]1c1nc(C#Cc2ccc(-c3ccc(-c4c[nH]c([C@@H]5CCCN5C(=O)[C@@H](NC(=O)O)C(C)C)n4)cc3)cc2)c[nH]1)C(C)C. The minimum absolute atomic E-state index is 0.113. The first kappa shape index (κ1) is 38.6. The van der Waals surface area contributed by atoms with Gasteiger partial charge in [0.2, 0.25) is 11.8 Å². The lowest BCUT2D eigenvalue weighted by molar-refractivity contribution is -0.136. The van der Waals surface area contributed by atoms with Gasteiger partial charge in [-0.15, -0.1) is 0 Å². The Labute approximate surface area is 320 Å². The molecule has 5 N–H and O–H groups in total. The van der Waals surface area contributed by atoms with Crippen molar-refractivity contribution in [3.8, 4) is 34.2 Å². The first-order chi connectivity index (χ1) is 26.4. The van der Waals surface area contributed by atoms with Gasteiger partial charge in [0.25, 0.3) is 0 Å². The van der Waals surface area contributed by atoms with E-state index in [0.717, 1.165) is 53.6 Å². The maximum atomic E-state index is 13.4. The Morgan fingerprint density at radius 1 is 0.745 bits per heavy atom. The molecule has 4 amide bonds. The second-order valence-electron chi connectivity index (χ2n) is 14.7. The third-order valence-electron chi connectivity index (χ3n) is 10.2. The molecule has 2 aliphatic heterocycles. The number of benzene rings is 2. The van der Waals surface area contributed by atoms with Gasteiger partial charge >= 0.3 is 12.2 Å². The zero-order valence-corrected chi connectivity index (χ0v) is 31.8. The number of carboxylic acid groups (broad SMARTS) is 1. The van der Waals surface area contributed by atoms with E-state index in [9.17, 15) is 24.3 Å². The first-order valence-corrected chi connectivity index (χ1v) is 18.7. The van der Waals surface area contributed by atoms with Gasteiger partial charge in [0.1, 0.15) is 29.4 Å². The summed E-state index contributed by atoms with van der Waals surface area (Å²) in [6.07, 6.45) is 4.90. The van der Waals surface area contributed by atoms with Crippen LogP contribution in [0.4, 0.5) is 9.59 Å². The van der Waals surface area contributed by atoms with Crippen LogP contribution in [0.2, 0.25) is 0 Å². The molecule has 2 saturated heterocycles. The molecule has 0 unspecified atom stereocenters. The Morgan fingerprint density at radius 3 is 1.80 bits per heavy atom. The van der Waals surface area contributed by atoms with Crippen LogP contribution in [0.25, 0.3) is 22.4 Å². The Hall–Kier alpha value is -6.10. The molecule has 6 rings (SSSR count). The molecular formula is C41H48N8O6. The number of H-pyrrole nitrogens is 2. The van der Waals surface area contributed by atoms with Crippen LogP contribution in [-0.2, 0) is 14.3 Å². The number of rotatable bonds is 10. The van der Waals surface area contributed by atoms with Crippen LogP contribution in [0.15, 0.2) is 60.9 Å². The predicted octanol–water partition coefficient (Wildman–Crippen LogP) is 5.87. The van der Waals surface area contributed by atoms with Crippen molar-refractivity contribution in [2.75, 3.05) is 20.2 Å². The summed E-state index contributed by atoms with van der Waals surface area (Å²) in [6.45, 7) is 8.56. The van der Waals surface area contributed by atoms with Crippen LogP contribution in [0.5, 0.6) is 0 Å². The van der Waals surface area contributed by atoms with Gasteiger partial charge in [-0.05, 0) is 66.7 Å². The lowest BCUT2D eigenvalue weighted by Crippen LogP contribution is -2.51.